The van der Waals surface area contributed by atoms with Gasteiger partial charge in [-0.15, -0.1) is 4.24 Å². The van der Waals surface area contributed by atoms with Crippen LogP contribution in [0.15, 0.2) is 30.3 Å². The third-order valence-electron chi connectivity index (χ3n) is 1.41. The Balaban J connectivity index is 2.54. The van der Waals surface area contributed by atoms with Crippen LogP contribution in [0.3, 0.4) is 0 Å². The smallest absolute Gasteiger partial charge is 0.197 e. The number of halogens is 1. The lowest BCUT2D eigenvalue weighted by Crippen LogP contribution is -2.30. The maximum absolute atomic E-state index is 10.8. The fourth-order valence-corrected chi connectivity index (χ4v) is 1.38. The summed E-state index contributed by atoms with van der Waals surface area (Å²) in [4.78, 5) is 0. The fraction of sp³-hybridized carbons (Fsp3) is 0.143. The summed E-state index contributed by atoms with van der Waals surface area (Å²) in [7, 11) is -3.55. The van der Waals surface area contributed by atoms with Crippen molar-refractivity contribution in [3.63, 3.8) is 0 Å². The van der Waals surface area contributed by atoms with Gasteiger partial charge in [0, 0.05) is 6.54 Å². The highest BCUT2D eigenvalue weighted by molar-refractivity contribution is 7.88. The molecule has 4 nitrogen and oxygen atoms in total. The third kappa shape index (κ3) is 3.73. The summed E-state index contributed by atoms with van der Waals surface area (Å²) in [5.74, 6) is 0. The summed E-state index contributed by atoms with van der Waals surface area (Å²) in [6.45, 7) is 0.225. The highest BCUT2D eigenvalue weighted by atomic mass is 35.5. The highest BCUT2D eigenvalue weighted by Crippen LogP contribution is 1.97. The Labute approximate surface area is 82.2 Å². The summed E-state index contributed by atoms with van der Waals surface area (Å²) in [5.41, 5.74) is 0.873. The predicted octanol–water partition coefficient (Wildman–Crippen LogP) is 0.764. The first-order chi connectivity index (χ1) is 6.14. The van der Waals surface area contributed by atoms with Crippen molar-refractivity contribution in [3.8, 4) is 0 Å². The van der Waals surface area contributed by atoms with Gasteiger partial charge in [-0.2, -0.15) is 13.1 Å². The average molecular weight is 221 g/mol. The Morgan fingerprint density at radius 3 is 2.38 bits per heavy atom. The molecular weight excluding hydrogens is 212 g/mol. The first-order valence-electron chi connectivity index (χ1n) is 3.55. The van der Waals surface area contributed by atoms with Gasteiger partial charge in [0.15, 0.2) is 0 Å². The van der Waals surface area contributed by atoms with Crippen molar-refractivity contribution in [2.75, 3.05) is 0 Å². The molecule has 0 heterocycles. The van der Waals surface area contributed by atoms with Gasteiger partial charge < -0.3 is 0 Å². The van der Waals surface area contributed by atoms with Crippen LogP contribution in [0.25, 0.3) is 0 Å². The minimum atomic E-state index is -3.55. The van der Waals surface area contributed by atoms with Gasteiger partial charge in [0.25, 0.3) is 10.2 Å². The molecule has 13 heavy (non-hydrogen) atoms. The lowest BCUT2D eigenvalue weighted by Gasteiger charge is -2.02. The molecule has 0 bridgehead atoms. The molecule has 0 aliphatic heterocycles. The standard InChI is InChI=1S/C7H9ClN2O2S/c8-10-13(11,12)9-6-7-4-2-1-3-5-7/h1-5,9-10H,6H2. The third-order valence-corrected chi connectivity index (χ3v) is 2.75. The minimum absolute atomic E-state index is 0.225. The first-order valence-corrected chi connectivity index (χ1v) is 5.41. The van der Waals surface area contributed by atoms with Crippen molar-refractivity contribution in [2.45, 2.75) is 6.54 Å². The van der Waals surface area contributed by atoms with Gasteiger partial charge in [0.05, 0.1) is 0 Å². The van der Waals surface area contributed by atoms with E-state index in [1.165, 1.54) is 0 Å². The first kappa shape index (κ1) is 10.5. The van der Waals surface area contributed by atoms with Crippen LogP contribution in [0, 0.1) is 0 Å². The van der Waals surface area contributed by atoms with Crippen molar-refractivity contribution < 1.29 is 8.42 Å². The van der Waals surface area contributed by atoms with Crippen LogP contribution in [-0.2, 0) is 16.8 Å². The molecule has 6 heteroatoms. The molecular formula is C7H9ClN2O2S. The molecule has 72 valence electrons. The number of hydrogen-bond donors (Lipinski definition) is 2. The quantitative estimate of drug-likeness (QED) is 0.737. The lowest BCUT2D eigenvalue weighted by atomic mass is 10.2. The van der Waals surface area contributed by atoms with Crippen molar-refractivity contribution >= 4 is 22.0 Å². The summed E-state index contributed by atoms with van der Waals surface area (Å²) in [6, 6.07) is 9.15. The second kappa shape index (κ2) is 4.57. The summed E-state index contributed by atoms with van der Waals surface area (Å²) in [6.07, 6.45) is 0. The molecule has 0 spiro atoms. The van der Waals surface area contributed by atoms with Crippen LogP contribution < -0.4 is 8.96 Å². The number of nitrogens with one attached hydrogen (secondary N) is 2. The van der Waals surface area contributed by atoms with E-state index in [2.05, 4.69) is 4.72 Å². The van der Waals surface area contributed by atoms with E-state index in [1.54, 1.807) is 4.24 Å². The molecule has 0 amide bonds. The van der Waals surface area contributed by atoms with Crippen LogP contribution in [0.4, 0.5) is 0 Å². The van der Waals surface area contributed by atoms with Crippen molar-refractivity contribution in [1.82, 2.24) is 8.96 Å². The lowest BCUT2D eigenvalue weighted by molar-refractivity contribution is 0.579. The van der Waals surface area contributed by atoms with E-state index < -0.39 is 10.2 Å². The Hall–Kier alpha value is -0.620. The monoisotopic (exact) mass is 220 g/mol. The zero-order valence-corrected chi connectivity index (χ0v) is 8.27. The van der Waals surface area contributed by atoms with E-state index >= 15 is 0 Å². The molecule has 0 unspecified atom stereocenters. The fourth-order valence-electron chi connectivity index (χ4n) is 0.801. The summed E-state index contributed by atoms with van der Waals surface area (Å²) >= 11 is 4.96. The summed E-state index contributed by atoms with van der Waals surface area (Å²) < 4.78 is 25.5. The van der Waals surface area contributed by atoms with E-state index in [0.29, 0.717) is 0 Å². The molecule has 0 fully saturated rings. The largest absolute Gasteiger partial charge is 0.290 e. The molecule has 0 saturated carbocycles. The van der Waals surface area contributed by atoms with Crippen LogP contribution in [-0.4, -0.2) is 8.42 Å². The average Bonchev–Trinajstić information content (AvgIpc) is 2.17. The number of hydrogen-bond acceptors (Lipinski definition) is 2. The van der Waals surface area contributed by atoms with E-state index in [9.17, 15) is 8.42 Å². The van der Waals surface area contributed by atoms with Gasteiger partial charge in [-0.25, -0.2) is 0 Å². The van der Waals surface area contributed by atoms with Crippen LogP contribution in [0.1, 0.15) is 5.56 Å². The number of benzene rings is 1. The molecule has 0 radical (unpaired) electrons. The molecule has 1 aromatic rings. The molecule has 0 saturated heterocycles. The van der Waals surface area contributed by atoms with Gasteiger partial charge in [0.2, 0.25) is 0 Å². The number of rotatable bonds is 4. The molecule has 0 aliphatic rings. The van der Waals surface area contributed by atoms with Gasteiger partial charge in [-0.3, -0.25) is 0 Å². The Morgan fingerprint density at radius 1 is 1.23 bits per heavy atom. The highest BCUT2D eigenvalue weighted by Gasteiger charge is 2.05. The van der Waals surface area contributed by atoms with Gasteiger partial charge in [-0.05, 0) is 17.3 Å². The Morgan fingerprint density at radius 2 is 1.85 bits per heavy atom. The minimum Gasteiger partial charge on any atom is -0.197 e. The van der Waals surface area contributed by atoms with Gasteiger partial charge in [-0.1, -0.05) is 30.3 Å². The zero-order valence-electron chi connectivity index (χ0n) is 6.70. The van der Waals surface area contributed by atoms with Crippen LogP contribution in [0.5, 0.6) is 0 Å². The van der Waals surface area contributed by atoms with Crippen molar-refractivity contribution in [2.24, 2.45) is 0 Å². The molecule has 1 rings (SSSR count). The molecule has 1 aromatic carbocycles. The second-order valence-corrected chi connectivity index (χ2v) is 4.30. The van der Waals surface area contributed by atoms with Gasteiger partial charge >= 0.3 is 0 Å². The van der Waals surface area contributed by atoms with Crippen LogP contribution >= 0.6 is 11.8 Å². The second-order valence-electron chi connectivity index (χ2n) is 2.39. The molecule has 0 aromatic heterocycles. The topological polar surface area (TPSA) is 58.2 Å². The van der Waals surface area contributed by atoms with E-state index in [4.69, 9.17) is 11.8 Å². The van der Waals surface area contributed by atoms with Crippen LogP contribution in [0.2, 0.25) is 0 Å². The normalized spacial score (nSPS) is 11.5. The van der Waals surface area contributed by atoms with E-state index in [-0.39, 0.29) is 6.54 Å². The Kier molecular flexibility index (Phi) is 3.68. The van der Waals surface area contributed by atoms with E-state index in [0.717, 1.165) is 5.56 Å². The predicted molar refractivity (Wildman–Crippen MR) is 51.2 cm³/mol. The molecule has 0 atom stereocenters. The SMILES string of the molecule is O=S(=O)(NCl)NCc1ccccc1. The Bertz CT molecular complexity index is 352. The summed E-state index contributed by atoms with van der Waals surface area (Å²) in [5, 5.41) is 0. The van der Waals surface area contributed by atoms with Crippen molar-refractivity contribution in [3.05, 3.63) is 35.9 Å². The maximum Gasteiger partial charge on any atom is 0.290 e. The van der Waals surface area contributed by atoms with Gasteiger partial charge in [0.1, 0.15) is 0 Å². The van der Waals surface area contributed by atoms with E-state index in [1.807, 2.05) is 30.3 Å². The zero-order chi connectivity index (χ0) is 9.73. The molecule has 2 N–H and O–H groups in total. The maximum atomic E-state index is 10.8. The van der Waals surface area contributed by atoms with Crippen molar-refractivity contribution in [1.29, 1.82) is 0 Å². The molecule has 0 aliphatic carbocycles.